The summed E-state index contributed by atoms with van der Waals surface area (Å²) in [4.78, 5) is 128. The van der Waals surface area contributed by atoms with Crippen LogP contribution in [0.5, 0.6) is 5.75 Å². The van der Waals surface area contributed by atoms with Crippen LogP contribution >= 0.6 is 7.15 Å². The average molecular weight is 1520 g/mol. The molecular weight excluding hydrogens is 1400 g/mol. The Balaban J connectivity index is 0.000000291. The number of pyridine rings is 1. The van der Waals surface area contributed by atoms with Crippen LogP contribution in [0.1, 0.15) is 227 Å². The predicted octanol–water partition coefficient (Wildman–Crippen LogP) is 14.2. The third-order valence-electron chi connectivity index (χ3n) is 26.5. The first kappa shape index (κ1) is 83.2. The standard InChI is InChI=1S/C61H78N4O8.C23H30O6.C2H6N2PS/c1-8-10-32-64-50-20-14-12-18-44(50)56(45-19-13-15-21-51(45)64)59(71)73-57-40(3)36-42(37-41(57)4)58(70)63-31-17-35-65(7,33-11-9-2)34-16-30-62-54(68)24-25-55(69)72-52-39-46-47-22-23-53(67)61(47,6)29-27-48(46)60(5)28-26-43(66)38-49(52)60;1-22-9-7-13(24)11-17(22)18(29-21(28)6-5-20(26)27)12-14-15-3-4-19(25)23(15,2)10-8-16(14)22;3-1-2-4-5-6/h12-15,18-21,36-38,46-48,52H,8-11,16-17,22-35,39H2,1-7H3;11,14-16,18H,3-10,12H2,1-2H3,(H,26,27);1-3H2/q;;+1/p+2/t46?,47?,48?,52-,60-,61+,65?;14?,15?,16?,18-,22-,23+;/m11./s1. The molecule has 108 heavy (non-hydrogen) atoms. The molecular formula is C86H116N6O14PS+3. The minimum absolute atomic E-state index is 0.0262. The molecule has 12 rings (SSSR count). The fraction of sp³-hybridized carbons (Fsp3) is 0.616. The Labute approximate surface area is 643 Å². The van der Waals surface area contributed by atoms with Crippen molar-refractivity contribution in [1.82, 2.24) is 10.6 Å². The number of hydrogen-bond acceptors (Lipinski definition) is 16. The number of ether oxygens (including phenoxy) is 3. The van der Waals surface area contributed by atoms with Gasteiger partial charge in [-0.1, -0.05) is 78.6 Å². The third kappa shape index (κ3) is 18.3. The summed E-state index contributed by atoms with van der Waals surface area (Å²) < 4.78 is 25.0. The molecule has 582 valence electrons. The molecule has 22 heteroatoms. The Morgan fingerprint density at radius 1 is 0.630 bits per heavy atom. The van der Waals surface area contributed by atoms with E-state index in [1.165, 1.54) is 0 Å². The third-order valence-corrected chi connectivity index (χ3v) is 27.1. The van der Waals surface area contributed by atoms with Gasteiger partial charge in [-0.3, -0.25) is 43.2 Å². The van der Waals surface area contributed by atoms with Crippen molar-refractivity contribution in [3.8, 4) is 5.75 Å². The SMILES string of the molecule is CCCC[n+]1c2ccccc2c(C(=O)Oc2c(C)cc(C(=O)NCCC[N+](C)(CCCC)CCCNC(=O)CCC(=O)O[C@@H]3CC4C(CC[C@]5(C)C(=O)CCC45)[C@@]4(C)CCC(=O)C=C34)cc2C)c2ccccc21.C[C@]12CCC(=O)C=C1[C@H](OC(=O)CCC(=O)O)CC1C2CC[C@]2(C)C(=O)CCC12.NCCN=[P+]=S. The number of aliphatic carboxylic acids is 1. The number of quaternary nitrogens is 1. The van der Waals surface area contributed by atoms with Gasteiger partial charge in [-0.25, -0.2) is 4.79 Å². The molecule has 8 aliphatic rings. The number of para-hydroxylation sites is 2. The number of carboxylic acid groups (broad SMARTS) is 1. The number of hydrogen-bond donors (Lipinski definition) is 4. The van der Waals surface area contributed by atoms with E-state index in [-0.39, 0.29) is 88.5 Å². The number of fused-ring (bicyclic) bond motifs is 12. The van der Waals surface area contributed by atoms with Gasteiger partial charge in [0.2, 0.25) is 16.9 Å². The maximum atomic E-state index is 14.2. The summed E-state index contributed by atoms with van der Waals surface area (Å²) in [7, 11) is 2.91. The molecule has 8 aliphatic carbocycles. The summed E-state index contributed by atoms with van der Waals surface area (Å²) in [5, 5.41) is 16.7. The maximum absolute atomic E-state index is 14.2. The molecule has 0 radical (unpaired) electrons. The van der Waals surface area contributed by atoms with Crippen molar-refractivity contribution in [2.45, 2.75) is 228 Å². The number of nitrogens with two attached hydrogens (primary N) is 1. The van der Waals surface area contributed by atoms with Gasteiger partial charge < -0.3 is 34.4 Å². The van der Waals surface area contributed by atoms with E-state index in [0.29, 0.717) is 129 Å². The molecule has 6 saturated carbocycles. The van der Waals surface area contributed by atoms with Crippen molar-refractivity contribution in [3.05, 3.63) is 106 Å². The van der Waals surface area contributed by atoms with Gasteiger partial charge in [0.25, 0.3) is 5.91 Å². The number of benzene rings is 3. The number of aryl methyl sites for hydroxylation is 3. The van der Waals surface area contributed by atoms with Gasteiger partial charge in [0.1, 0.15) is 36.1 Å². The number of ketones is 4. The molecule has 6 fully saturated rings. The van der Waals surface area contributed by atoms with E-state index in [4.69, 9.17) is 25.1 Å². The first-order chi connectivity index (χ1) is 51.6. The zero-order chi connectivity index (χ0) is 77.9. The summed E-state index contributed by atoms with van der Waals surface area (Å²) in [5.74, 6) is 0.381. The molecule has 2 amide bonds. The number of esters is 3. The van der Waals surface area contributed by atoms with Gasteiger partial charge in [-0.15, -0.1) is 0 Å². The molecule has 7 unspecified atom stereocenters. The van der Waals surface area contributed by atoms with E-state index < -0.39 is 36.1 Å². The van der Waals surface area contributed by atoms with E-state index in [1.807, 2.05) is 50.2 Å². The molecule has 0 saturated heterocycles. The van der Waals surface area contributed by atoms with Crippen molar-refractivity contribution in [1.29, 1.82) is 0 Å². The van der Waals surface area contributed by atoms with E-state index in [2.05, 4.69) is 92.5 Å². The number of amides is 2. The zero-order valence-corrected chi connectivity index (χ0v) is 66.9. The molecule has 5 N–H and O–H groups in total. The number of nitrogens with zero attached hydrogens (tertiary/aromatic N) is 3. The fourth-order valence-electron chi connectivity index (χ4n) is 20.6. The van der Waals surface area contributed by atoms with Crippen LogP contribution in [-0.2, 0) is 66.2 Å². The molecule has 13 atom stereocenters. The number of carboxylic acids is 1. The number of aromatic nitrogens is 1. The Morgan fingerprint density at radius 3 is 1.57 bits per heavy atom. The van der Waals surface area contributed by atoms with Gasteiger partial charge in [0, 0.05) is 93.0 Å². The first-order valence-corrected chi connectivity index (χ1v) is 41.8. The van der Waals surface area contributed by atoms with Crippen LogP contribution in [0, 0.1) is 71.0 Å². The normalized spacial score (nSPS) is 27.8. The van der Waals surface area contributed by atoms with Gasteiger partial charge in [0.15, 0.2) is 11.6 Å². The molecule has 3 aromatic carbocycles. The Morgan fingerprint density at radius 2 is 1.10 bits per heavy atom. The molecule has 0 spiro atoms. The molecule has 4 aromatic rings. The van der Waals surface area contributed by atoms with E-state index >= 15 is 0 Å². The summed E-state index contributed by atoms with van der Waals surface area (Å²) in [6.45, 7) is 22.6. The first-order valence-electron chi connectivity index (χ1n) is 40.0. The Bertz CT molecular complexity index is 4150. The number of rotatable bonds is 27. The Hall–Kier alpha value is -7.32. The van der Waals surface area contributed by atoms with E-state index in [9.17, 15) is 47.9 Å². The van der Waals surface area contributed by atoms with E-state index in [1.54, 1.807) is 24.3 Å². The predicted molar refractivity (Wildman–Crippen MR) is 418 cm³/mol. The number of carbonyl (C=O) groups excluding carboxylic acids is 9. The molecule has 1 aromatic heterocycles. The van der Waals surface area contributed by atoms with Crippen molar-refractivity contribution < 1.29 is 76.3 Å². The molecule has 20 nitrogen and oxygen atoms in total. The molecule has 1 heterocycles. The number of unbranched alkanes of at least 4 members (excludes halogenated alkanes) is 2. The van der Waals surface area contributed by atoms with Gasteiger partial charge in [-0.2, -0.15) is 4.57 Å². The van der Waals surface area contributed by atoms with Gasteiger partial charge in [-0.05, 0) is 190 Å². The topological polar surface area (TPSA) is 285 Å². The van der Waals surface area contributed by atoms with Crippen LogP contribution in [0.3, 0.4) is 0 Å². The van der Waals surface area contributed by atoms with Crippen molar-refractivity contribution in [2.75, 3.05) is 52.9 Å². The summed E-state index contributed by atoms with van der Waals surface area (Å²) in [6, 6.07) is 19.6. The summed E-state index contributed by atoms with van der Waals surface area (Å²) in [5.41, 5.74) is 10.3. The van der Waals surface area contributed by atoms with Crippen LogP contribution in [0.4, 0.5) is 0 Å². The van der Waals surface area contributed by atoms with Crippen molar-refractivity contribution in [3.63, 3.8) is 0 Å². The fourth-order valence-corrected chi connectivity index (χ4v) is 21.0. The van der Waals surface area contributed by atoms with Crippen LogP contribution in [-0.4, -0.2) is 133 Å². The zero-order valence-electron chi connectivity index (χ0n) is 65.2. The quantitative estimate of drug-likeness (QED) is 0.00821. The van der Waals surface area contributed by atoms with Crippen LogP contribution in [0.15, 0.2) is 88.7 Å². The average Bonchev–Trinajstić information content (AvgIpc) is 1.36. The van der Waals surface area contributed by atoms with Gasteiger partial charge in [0.05, 0.1) is 62.3 Å². The summed E-state index contributed by atoms with van der Waals surface area (Å²) in [6.07, 6.45) is 18.2. The number of carbonyl (C=O) groups is 10. The van der Waals surface area contributed by atoms with Crippen LogP contribution in [0.2, 0.25) is 0 Å². The molecule has 0 aliphatic heterocycles. The Kier molecular flexibility index (Phi) is 27.9. The monoisotopic (exact) mass is 1520 g/mol. The van der Waals surface area contributed by atoms with E-state index in [0.717, 1.165) is 154 Å². The second-order valence-electron chi connectivity index (χ2n) is 33.3. The summed E-state index contributed by atoms with van der Waals surface area (Å²) >= 11 is 4.47. The molecule has 0 bridgehead atoms. The van der Waals surface area contributed by atoms with Crippen LogP contribution in [0.25, 0.3) is 21.8 Å². The van der Waals surface area contributed by atoms with Crippen LogP contribution < -0.4 is 25.7 Å². The second-order valence-corrected chi connectivity index (χ2v) is 34.3. The number of nitrogens with one attached hydrogen (secondary N) is 2. The van der Waals surface area contributed by atoms with Gasteiger partial charge >= 0.3 is 66.4 Å². The second kappa shape index (κ2) is 36.2. The minimum atomic E-state index is -1.03. The van der Waals surface area contributed by atoms with Crippen molar-refractivity contribution in [2.24, 2.45) is 67.6 Å². The van der Waals surface area contributed by atoms with Crippen molar-refractivity contribution >= 4 is 99.6 Å². The number of Topliss-reactive ketones (excluding diaryl/α,β-unsaturated/α-hetero) is 2.